The van der Waals surface area contributed by atoms with Crippen LogP contribution in [0.3, 0.4) is 0 Å². The summed E-state index contributed by atoms with van der Waals surface area (Å²) in [6, 6.07) is 10.9. The molecular formula is C18H20ClN5O. The highest BCUT2D eigenvalue weighted by molar-refractivity contribution is 6.30. The van der Waals surface area contributed by atoms with Crippen molar-refractivity contribution >= 4 is 23.3 Å². The quantitative estimate of drug-likeness (QED) is 0.758. The fraction of sp³-hybridized carbons (Fsp3) is 0.278. The summed E-state index contributed by atoms with van der Waals surface area (Å²) in [7, 11) is 0. The summed E-state index contributed by atoms with van der Waals surface area (Å²) in [5.41, 5.74) is 2.77. The molecule has 1 aromatic carbocycles. The predicted molar refractivity (Wildman–Crippen MR) is 97.8 cm³/mol. The number of hydrogen-bond donors (Lipinski definition) is 1. The zero-order valence-corrected chi connectivity index (χ0v) is 15.2. The number of nitrogens with one attached hydrogen (secondary N) is 1. The smallest absolute Gasteiger partial charge is 0.250 e. The van der Waals surface area contributed by atoms with Crippen LogP contribution in [0.5, 0.6) is 0 Å². The topological polar surface area (TPSA) is 64.7 Å². The predicted octanol–water partition coefficient (Wildman–Crippen LogP) is 3.60. The molecule has 1 unspecified atom stereocenters. The van der Waals surface area contributed by atoms with E-state index in [9.17, 15) is 4.79 Å². The number of anilines is 1. The van der Waals surface area contributed by atoms with Gasteiger partial charge in [-0.05, 0) is 44.5 Å². The van der Waals surface area contributed by atoms with Crippen molar-refractivity contribution in [2.75, 3.05) is 5.32 Å². The van der Waals surface area contributed by atoms with Crippen molar-refractivity contribution in [2.24, 2.45) is 0 Å². The maximum absolute atomic E-state index is 12.6. The zero-order valence-electron chi connectivity index (χ0n) is 14.4. The van der Waals surface area contributed by atoms with Gasteiger partial charge in [0.2, 0.25) is 5.91 Å². The minimum absolute atomic E-state index is 0.139. The van der Waals surface area contributed by atoms with Crippen molar-refractivity contribution in [3.63, 3.8) is 0 Å². The van der Waals surface area contributed by atoms with Crippen LogP contribution in [-0.2, 0) is 11.3 Å². The molecule has 2 heterocycles. The molecular weight excluding hydrogens is 338 g/mol. The fourth-order valence-electron chi connectivity index (χ4n) is 2.53. The number of benzene rings is 1. The molecule has 3 aromatic rings. The molecule has 0 aliphatic heterocycles. The average Bonchev–Trinajstić information content (AvgIpc) is 3.15. The highest BCUT2D eigenvalue weighted by atomic mass is 35.5. The van der Waals surface area contributed by atoms with E-state index in [1.165, 1.54) is 0 Å². The van der Waals surface area contributed by atoms with Crippen molar-refractivity contribution < 1.29 is 4.79 Å². The second-order valence-corrected chi connectivity index (χ2v) is 6.49. The lowest BCUT2D eigenvalue weighted by atomic mass is 10.2. The van der Waals surface area contributed by atoms with Crippen LogP contribution in [0.2, 0.25) is 5.02 Å². The number of hydrogen-bond acceptors (Lipinski definition) is 3. The van der Waals surface area contributed by atoms with Gasteiger partial charge in [-0.15, -0.1) is 0 Å². The Bertz CT molecular complexity index is 881. The SMILES string of the molecule is Cc1ccn(C(C)C(=O)Nc2cc(C)nn2Cc2ccc(Cl)cc2)n1. The standard InChI is InChI=1S/C18H20ClN5O/c1-12-8-9-23(21-12)14(3)18(25)20-17-10-13(2)22-24(17)11-15-4-6-16(19)7-5-15/h4-10,14H,11H2,1-3H3,(H,20,25). The highest BCUT2D eigenvalue weighted by Crippen LogP contribution is 2.17. The first kappa shape index (κ1) is 17.2. The van der Waals surface area contributed by atoms with Crippen LogP contribution in [-0.4, -0.2) is 25.5 Å². The largest absolute Gasteiger partial charge is 0.309 e. The Morgan fingerprint density at radius 1 is 1.16 bits per heavy atom. The van der Waals surface area contributed by atoms with E-state index in [0.717, 1.165) is 17.0 Å². The van der Waals surface area contributed by atoms with Gasteiger partial charge in [-0.1, -0.05) is 23.7 Å². The number of carbonyl (C=O) groups is 1. The summed E-state index contributed by atoms with van der Waals surface area (Å²) in [5, 5.41) is 12.4. The molecule has 1 N–H and O–H groups in total. The van der Waals surface area contributed by atoms with E-state index in [2.05, 4.69) is 15.5 Å². The van der Waals surface area contributed by atoms with Gasteiger partial charge in [0.05, 0.1) is 17.9 Å². The summed E-state index contributed by atoms with van der Waals surface area (Å²) in [6.07, 6.45) is 1.80. The summed E-state index contributed by atoms with van der Waals surface area (Å²) < 4.78 is 3.43. The minimum Gasteiger partial charge on any atom is -0.309 e. The number of carbonyl (C=O) groups excluding carboxylic acids is 1. The van der Waals surface area contributed by atoms with E-state index in [1.807, 2.05) is 57.2 Å². The van der Waals surface area contributed by atoms with Crippen molar-refractivity contribution in [1.29, 1.82) is 0 Å². The van der Waals surface area contributed by atoms with E-state index < -0.39 is 6.04 Å². The molecule has 0 aliphatic carbocycles. The van der Waals surface area contributed by atoms with Crippen molar-refractivity contribution in [3.05, 3.63) is 64.6 Å². The van der Waals surface area contributed by atoms with E-state index >= 15 is 0 Å². The van der Waals surface area contributed by atoms with Gasteiger partial charge in [-0.3, -0.25) is 9.48 Å². The third-order valence-corrected chi connectivity index (χ3v) is 4.17. The van der Waals surface area contributed by atoms with Crippen LogP contribution in [0.15, 0.2) is 42.6 Å². The molecule has 0 bridgehead atoms. The molecule has 0 saturated heterocycles. The number of nitrogens with zero attached hydrogens (tertiary/aromatic N) is 4. The van der Waals surface area contributed by atoms with Crippen LogP contribution >= 0.6 is 11.6 Å². The fourth-order valence-corrected chi connectivity index (χ4v) is 2.65. The van der Waals surface area contributed by atoms with Crippen LogP contribution in [0.1, 0.15) is 29.9 Å². The molecule has 7 heteroatoms. The Morgan fingerprint density at radius 2 is 1.88 bits per heavy atom. The molecule has 25 heavy (non-hydrogen) atoms. The lowest BCUT2D eigenvalue weighted by Gasteiger charge is -2.14. The van der Waals surface area contributed by atoms with Crippen LogP contribution in [0, 0.1) is 13.8 Å². The zero-order chi connectivity index (χ0) is 18.0. The third-order valence-electron chi connectivity index (χ3n) is 3.92. The van der Waals surface area contributed by atoms with Crippen LogP contribution in [0.4, 0.5) is 5.82 Å². The second kappa shape index (κ2) is 7.11. The summed E-state index contributed by atoms with van der Waals surface area (Å²) in [5.74, 6) is 0.522. The Balaban J connectivity index is 1.76. The van der Waals surface area contributed by atoms with Gasteiger partial charge in [0.1, 0.15) is 11.9 Å². The average molecular weight is 358 g/mol. The highest BCUT2D eigenvalue weighted by Gasteiger charge is 2.18. The molecule has 1 atom stereocenters. The van der Waals surface area contributed by atoms with Gasteiger partial charge < -0.3 is 5.32 Å². The molecule has 0 spiro atoms. The maximum atomic E-state index is 12.6. The molecule has 6 nitrogen and oxygen atoms in total. The second-order valence-electron chi connectivity index (χ2n) is 6.06. The van der Waals surface area contributed by atoms with Crippen LogP contribution < -0.4 is 5.32 Å². The molecule has 0 fully saturated rings. The number of halogens is 1. The number of amides is 1. The number of aromatic nitrogens is 4. The Labute approximate surface area is 151 Å². The maximum Gasteiger partial charge on any atom is 0.250 e. The first-order chi connectivity index (χ1) is 11.9. The van der Waals surface area contributed by atoms with Gasteiger partial charge >= 0.3 is 0 Å². The molecule has 3 rings (SSSR count). The minimum atomic E-state index is -0.409. The van der Waals surface area contributed by atoms with Crippen molar-refractivity contribution in [2.45, 2.75) is 33.4 Å². The van der Waals surface area contributed by atoms with Gasteiger partial charge in [0, 0.05) is 17.3 Å². The molecule has 0 saturated carbocycles. The summed E-state index contributed by atoms with van der Waals surface area (Å²) in [4.78, 5) is 12.6. The van der Waals surface area contributed by atoms with E-state index in [0.29, 0.717) is 17.4 Å². The molecule has 0 radical (unpaired) electrons. The lowest BCUT2D eigenvalue weighted by molar-refractivity contribution is -0.119. The number of aryl methyl sites for hydroxylation is 2. The van der Waals surface area contributed by atoms with Crippen LogP contribution in [0.25, 0.3) is 0 Å². The molecule has 130 valence electrons. The van der Waals surface area contributed by atoms with E-state index in [-0.39, 0.29) is 5.91 Å². The van der Waals surface area contributed by atoms with Crippen molar-refractivity contribution in [3.8, 4) is 0 Å². The summed E-state index contributed by atoms with van der Waals surface area (Å²) >= 11 is 5.93. The summed E-state index contributed by atoms with van der Waals surface area (Å²) in [6.45, 7) is 6.16. The Kier molecular flexibility index (Phi) is 4.90. The molecule has 1 amide bonds. The third kappa shape index (κ3) is 4.09. The molecule has 0 aliphatic rings. The Hall–Kier alpha value is -2.60. The first-order valence-corrected chi connectivity index (χ1v) is 8.41. The van der Waals surface area contributed by atoms with Gasteiger partial charge in [-0.25, -0.2) is 4.68 Å². The van der Waals surface area contributed by atoms with Gasteiger partial charge in [-0.2, -0.15) is 10.2 Å². The molecule has 2 aromatic heterocycles. The van der Waals surface area contributed by atoms with E-state index in [4.69, 9.17) is 11.6 Å². The lowest BCUT2D eigenvalue weighted by Crippen LogP contribution is -2.25. The first-order valence-electron chi connectivity index (χ1n) is 8.04. The van der Waals surface area contributed by atoms with Crippen molar-refractivity contribution in [1.82, 2.24) is 19.6 Å². The van der Waals surface area contributed by atoms with Gasteiger partial charge in [0.25, 0.3) is 0 Å². The monoisotopic (exact) mass is 357 g/mol. The van der Waals surface area contributed by atoms with E-state index in [1.54, 1.807) is 15.6 Å². The Morgan fingerprint density at radius 3 is 2.52 bits per heavy atom. The normalized spacial score (nSPS) is 12.2. The number of rotatable bonds is 5. The van der Waals surface area contributed by atoms with Gasteiger partial charge in [0.15, 0.2) is 0 Å².